The van der Waals surface area contributed by atoms with E-state index in [0.717, 1.165) is 31.1 Å². The molecule has 2 heteroatoms. The molecule has 38 heavy (non-hydrogen) atoms. The van der Waals surface area contributed by atoms with Crippen LogP contribution in [0.3, 0.4) is 0 Å². The quantitative estimate of drug-likeness (QED) is 0.130. The predicted molar refractivity (Wildman–Crippen MR) is 163 cm³/mol. The Hall–Kier alpha value is -0.530. The van der Waals surface area contributed by atoms with E-state index < -0.39 is 0 Å². The van der Waals surface area contributed by atoms with Crippen molar-refractivity contribution in [1.29, 1.82) is 0 Å². The van der Waals surface area contributed by atoms with E-state index in [-0.39, 0.29) is 16.8 Å². The maximum atomic E-state index is 14.1. The zero-order chi connectivity index (χ0) is 26.9. The second-order valence-electron chi connectivity index (χ2n) is 13.9. The van der Waals surface area contributed by atoms with Gasteiger partial charge in [0.1, 0.15) is 0 Å². The molecule has 3 aliphatic rings. The number of esters is 1. The lowest BCUT2D eigenvalue weighted by atomic mass is 9.49. The molecule has 3 fully saturated rings. The van der Waals surface area contributed by atoms with Gasteiger partial charge in [0.05, 0.1) is 12.0 Å². The summed E-state index contributed by atoms with van der Waals surface area (Å²) in [5.41, 5.74) is 0.0217. The van der Waals surface area contributed by atoms with Gasteiger partial charge in [0.15, 0.2) is 0 Å². The minimum Gasteiger partial charge on any atom is -0.465 e. The van der Waals surface area contributed by atoms with Crippen molar-refractivity contribution < 1.29 is 9.53 Å². The van der Waals surface area contributed by atoms with E-state index in [4.69, 9.17) is 4.74 Å². The van der Waals surface area contributed by atoms with Gasteiger partial charge in [0.25, 0.3) is 0 Å². The van der Waals surface area contributed by atoms with E-state index in [1.165, 1.54) is 161 Å². The van der Waals surface area contributed by atoms with Crippen LogP contribution in [0.1, 0.15) is 194 Å². The molecule has 0 unspecified atom stereocenters. The Bertz CT molecular complexity index is 605. The second kappa shape index (κ2) is 18.0. The Kier molecular flexibility index (Phi) is 15.2. The molecule has 3 rings (SSSR count). The van der Waals surface area contributed by atoms with Crippen molar-refractivity contribution in [2.45, 2.75) is 194 Å². The highest BCUT2D eigenvalue weighted by Gasteiger charge is 2.57. The van der Waals surface area contributed by atoms with Crippen LogP contribution in [0.2, 0.25) is 0 Å². The molecule has 222 valence electrons. The van der Waals surface area contributed by atoms with E-state index in [0.29, 0.717) is 6.61 Å². The summed E-state index contributed by atoms with van der Waals surface area (Å²) in [6.45, 7) is 5.25. The van der Waals surface area contributed by atoms with Gasteiger partial charge >= 0.3 is 5.97 Å². The molecule has 0 spiro atoms. The lowest BCUT2D eigenvalue weighted by Gasteiger charge is -2.55. The summed E-state index contributed by atoms with van der Waals surface area (Å²) in [4.78, 5) is 14.1. The highest BCUT2D eigenvalue weighted by atomic mass is 16.5. The first kappa shape index (κ1) is 32.0. The minimum absolute atomic E-state index is 0.187. The van der Waals surface area contributed by atoms with Crippen LogP contribution in [-0.4, -0.2) is 12.6 Å². The number of carbonyl (C=O) groups excluding carboxylic acids is 1. The molecule has 2 nitrogen and oxygen atoms in total. The molecule has 3 saturated carbocycles. The van der Waals surface area contributed by atoms with Gasteiger partial charge < -0.3 is 4.74 Å². The van der Waals surface area contributed by atoms with Crippen molar-refractivity contribution in [1.82, 2.24) is 0 Å². The molecule has 0 radical (unpaired) electrons. The van der Waals surface area contributed by atoms with Crippen molar-refractivity contribution >= 4 is 5.97 Å². The van der Waals surface area contributed by atoms with Gasteiger partial charge in [-0.15, -0.1) is 0 Å². The van der Waals surface area contributed by atoms with E-state index in [2.05, 4.69) is 13.8 Å². The molecule has 0 aromatic heterocycles. The lowest BCUT2D eigenvalue weighted by molar-refractivity contribution is -0.175. The maximum Gasteiger partial charge on any atom is 0.312 e. The fraction of sp³-hybridized carbons (Fsp3) is 0.972. The van der Waals surface area contributed by atoms with Gasteiger partial charge in [-0.05, 0) is 68.6 Å². The second-order valence-corrected chi connectivity index (χ2v) is 13.9. The summed E-state index contributed by atoms with van der Waals surface area (Å²) < 4.78 is 6.25. The molecular weight excluding hydrogens is 464 g/mol. The van der Waals surface area contributed by atoms with Crippen LogP contribution >= 0.6 is 0 Å². The van der Waals surface area contributed by atoms with Gasteiger partial charge in [0.2, 0.25) is 0 Å². The monoisotopic (exact) mass is 531 g/mol. The van der Waals surface area contributed by atoms with Crippen LogP contribution in [0, 0.1) is 22.7 Å². The summed E-state index contributed by atoms with van der Waals surface area (Å²) in [5, 5.41) is 0. The zero-order valence-corrected chi connectivity index (χ0v) is 26.0. The molecule has 0 aromatic carbocycles. The average Bonchev–Trinajstić information content (AvgIpc) is 2.97. The fourth-order valence-electron chi connectivity index (χ4n) is 8.95. The largest absolute Gasteiger partial charge is 0.465 e. The van der Waals surface area contributed by atoms with E-state index in [1.807, 2.05) is 0 Å². The summed E-state index contributed by atoms with van der Waals surface area (Å²) in [6.07, 6.45) is 37.0. The van der Waals surface area contributed by atoms with Crippen LogP contribution in [0.15, 0.2) is 0 Å². The van der Waals surface area contributed by atoms with Gasteiger partial charge in [-0.25, -0.2) is 0 Å². The molecule has 0 aliphatic heterocycles. The first-order chi connectivity index (χ1) is 18.7. The van der Waals surface area contributed by atoms with Gasteiger partial charge in [-0.3, -0.25) is 4.79 Å². The van der Waals surface area contributed by atoms with Crippen molar-refractivity contribution in [2.75, 3.05) is 6.61 Å². The average molecular weight is 531 g/mol. The first-order valence-corrected chi connectivity index (χ1v) is 17.8. The van der Waals surface area contributed by atoms with Crippen LogP contribution in [0.5, 0.6) is 0 Å². The lowest BCUT2D eigenvalue weighted by Crippen LogP contribution is -2.52. The van der Waals surface area contributed by atoms with Crippen molar-refractivity contribution in [3.05, 3.63) is 0 Å². The Morgan fingerprint density at radius 3 is 1.68 bits per heavy atom. The van der Waals surface area contributed by atoms with Crippen LogP contribution in [0.4, 0.5) is 0 Å². The molecule has 0 aromatic rings. The summed E-state index contributed by atoms with van der Waals surface area (Å²) in [5.74, 6) is 2.13. The SMILES string of the molecule is CCCCCCCCCOC(=O)C1(C2(CCCCCCCC)CCC(C3CCCCC3)CC2)CCCCC1. The number of hydrogen-bond acceptors (Lipinski definition) is 2. The smallest absolute Gasteiger partial charge is 0.312 e. The third-order valence-corrected chi connectivity index (χ3v) is 11.4. The number of hydrogen-bond donors (Lipinski definition) is 0. The molecule has 0 atom stereocenters. The highest BCUT2D eigenvalue weighted by molar-refractivity contribution is 5.78. The number of unbranched alkanes of at least 4 members (excludes halogenated alkanes) is 11. The Morgan fingerprint density at radius 1 is 0.579 bits per heavy atom. The standard InChI is InChI=1S/C36H66O2/c1-3-5-7-9-11-13-21-31-38-34(37)36(27-19-15-20-28-36)35(26-18-12-10-8-6-4-2)29-24-33(25-30-35)32-22-16-14-17-23-32/h32-33H,3-31H2,1-2H3. The molecular formula is C36H66O2. The fourth-order valence-corrected chi connectivity index (χ4v) is 8.95. The van der Waals surface area contributed by atoms with Crippen molar-refractivity contribution in [2.24, 2.45) is 22.7 Å². The Balaban J connectivity index is 1.63. The Labute approximate surface area is 238 Å². The third-order valence-electron chi connectivity index (χ3n) is 11.4. The minimum atomic E-state index is -0.187. The molecule has 0 heterocycles. The number of rotatable bonds is 18. The van der Waals surface area contributed by atoms with Crippen molar-refractivity contribution in [3.63, 3.8) is 0 Å². The first-order valence-electron chi connectivity index (χ1n) is 17.8. The van der Waals surface area contributed by atoms with Gasteiger partial charge in [-0.1, -0.05) is 142 Å². The Morgan fingerprint density at radius 2 is 1.08 bits per heavy atom. The summed E-state index contributed by atoms with van der Waals surface area (Å²) >= 11 is 0. The molecule has 3 aliphatic carbocycles. The number of carbonyl (C=O) groups is 1. The van der Waals surface area contributed by atoms with Gasteiger partial charge in [-0.2, -0.15) is 0 Å². The summed E-state index contributed by atoms with van der Waals surface area (Å²) in [7, 11) is 0. The summed E-state index contributed by atoms with van der Waals surface area (Å²) in [6, 6.07) is 0. The van der Waals surface area contributed by atoms with Crippen LogP contribution < -0.4 is 0 Å². The van der Waals surface area contributed by atoms with Crippen LogP contribution in [-0.2, 0) is 9.53 Å². The number of ether oxygens (including phenoxy) is 1. The molecule has 0 amide bonds. The highest BCUT2D eigenvalue weighted by Crippen LogP contribution is 2.61. The molecule has 0 saturated heterocycles. The maximum absolute atomic E-state index is 14.1. The third kappa shape index (κ3) is 9.26. The van der Waals surface area contributed by atoms with Gasteiger partial charge in [0, 0.05) is 0 Å². The topological polar surface area (TPSA) is 26.3 Å². The van der Waals surface area contributed by atoms with E-state index >= 15 is 0 Å². The van der Waals surface area contributed by atoms with E-state index in [9.17, 15) is 4.79 Å². The molecule has 0 N–H and O–H groups in total. The van der Waals surface area contributed by atoms with E-state index in [1.54, 1.807) is 0 Å². The predicted octanol–water partition coefficient (Wildman–Crippen LogP) is 11.7. The zero-order valence-electron chi connectivity index (χ0n) is 26.0. The molecule has 0 bridgehead atoms. The van der Waals surface area contributed by atoms with Crippen LogP contribution in [0.25, 0.3) is 0 Å². The normalized spacial score (nSPS) is 26.3. The van der Waals surface area contributed by atoms with Crippen molar-refractivity contribution in [3.8, 4) is 0 Å².